The maximum absolute atomic E-state index is 14.2. The number of benzene rings is 3. The lowest BCUT2D eigenvalue weighted by Gasteiger charge is -2.33. The number of rotatable bonds is 14. The molecule has 1 N–H and O–H groups in total. The molecule has 226 valence electrons. The number of anilines is 1. The van der Waals surface area contributed by atoms with Crippen LogP contribution in [0.2, 0.25) is 0 Å². The number of aryl methyl sites for hydroxylation is 1. The van der Waals surface area contributed by atoms with E-state index in [0.717, 1.165) is 21.9 Å². The van der Waals surface area contributed by atoms with Crippen LogP contribution in [0, 0.1) is 6.92 Å². The summed E-state index contributed by atoms with van der Waals surface area (Å²) in [6.07, 6.45) is 1.07. The lowest BCUT2D eigenvalue weighted by atomic mass is 10.1. The van der Waals surface area contributed by atoms with Crippen LogP contribution < -0.4 is 19.1 Å². The molecule has 3 rings (SSSR count). The third-order valence-corrected chi connectivity index (χ3v) is 8.92. The van der Waals surface area contributed by atoms with Crippen molar-refractivity contribution in [2.24, 2.45) is 0 Å². The Bertz CT molecular complexity index is 1440. The summed E-state index contributed by atoms with van der Waals surface area (Å²) < 4.78 is 39.7. The summed E-state index contributed by atoms with van der Waals surface area (Å²) in [6, 6.07) is 19.3. The van der Waals surface area contributed by atoms with Crippen molar-refractivity contribution in [2.75, 3.05) is 25.1 Å². The molecule has 0 fully saturated rings. The number of ether oxygens (including phenoxy) is 2. The molecule has 0 heterocycles. The van der Waals surface area contributed by atoms with Crippen molar-refractivity contribution in [3.8, 4) is 11.5 Å². The van der Waals surface area contributed by atoms with E-state index in [9.17, 15) is 18.0 Å². The second-order valence-corrected chi connectivity index (χ2v) is 12.0. The molecule has 42 heavy (non-hydrogen) atoms. The molecule has 0 unspecified atom stereocenters. The quantitative estimate of drug-likeness (QED) is 0.283. The van der Waals surface area contributed by atoms with E-state index >= 15 is 0 Å². The summed E-state index contributed by atoms with van der Waals surface area (Å²) in [7, 11) is -1.11. The van der Waals surface area contributed by atoms with Crippen molar-refractivity contribution in [3.05, 3.63) is 83.9 Å². The molecule has 0 aromatic heterocycles. The number of carbonyl (C=O) groups is 2. The second-order valence-electron chi connectivity index (χ2n) is 10.1. The molecule has 2 amide bonds. The molecule has 0 bridgehead atoms. The van der Waals surface area contributed by atoms with Crippen molar-refractivity contribution in [3.63, 3.8) is 0 Å². The fraction of sp³-hybridized carbons (Fsp3) is 0.375. The molecule has 0 radical (unpaired) electrons. The van der Waals surface area contributed by atoms with Gasteiger partial charge in [-0.25, -0.2) is 8.42 Å². The SMILES string of the molecule is CC[C@@H](C)NC(=O)[C@H](CC)N(Cc1ccc(OC)cc1)C(=O)CN(c1cccc(OC)c1)S(=O)(=O)c1ccc(C)cc1. The minimum atomic E-state index is -4.17. The maximum Gasteiger partial charge on any atom is 0.264 e. The number of nitrogens with one attached hydrogen (secondary N) is 1. The van der Waals surface area contributed by atoms with Gasteiger partial charge in [0.1, 0.15) is 24.1 Å². The lowest BCUT2D eigenvalue weighted by molar-refractivity contribution is -0.140. The highest BCUT2D eigenvalue weighted by Gasteiger charge is 2.34. The Hall–Kier alpha value is -4.05. The first kappa shape index (κ1) is 32.5. The zero-order valence-electron chi connectivity index (χ0n) is 25.2. The number of nitrogens with zero attached hydrogens (tertiary/aromatic N) is 2. The molecule has 0 spiro atoms. The number of sulfonamides is 1. The molecule has 3 aromatic carbocycles. The van der Waals surface area contributed by atoms with Gasteiger partial charge in [-0.2, -0.15) is 0 Å². The number of hydrogen-bond acceptors (Lipinski definition) is 6. The Morgan fingerprint density at radius 2 is 1.52 bits per heavy atom. The molecular formula is C32H41N3O6S. The first-order valence-corrected chi connectivity index (χ1v) is 15.4. The molecule has 0 aliphatic carbocycles. The highest BCUT2D eigenvalue weighted by Crippen LogP contribution is 2.28. The van der Waals surface area contributed by atoms with Crippen LogP contribution in [0.5, 0.6) is 11.5 Å². The van der Waals surface area contributed by atoms with Gasteiger partial charge in [-0.05, 0) is 68.7 Å². The van der Waals surface area contributed by atoms with Gasteiger partial charge in [0.2, 0.25) is 11.8 Å². The van der Waals surface area contributed by atoms with Crippen LogP contribution in [0.25, 0.3) is 0 Å². The van der Waals surface area contributed by atoms with Gasteiger partial charge in [0.25, 0.3) is 10.0 Å². The highest BCUT2D eigenvalue weighted by atomic mass is 32.2. The van der Waals surface area contributed by atoms with Gasteiger partial charge in [-0.15, -0.1) is 0 Å². The Labute approximate surface area is 249 Å². The predicted octanol–water partition coefficient (Wildman–Crippen LogP) is 4.93. The van der Waals surface area contributed by atoms with Crippen molar-refractivity contribution >= 4 is 27.5 Å². The fourth-order valence-corrected chi connectivity index (χ4v) is 5.83. The van der Waals surface area contributed by atoms with Gasteiger partial charge in [0.05, 0.1) is 24.8 Å². The molecule has 2 atom stereocenters. The third-order valence-electron chi connectivity index (χ3n) is 7.13. The van der Waals surface area contributed by atoms with Gasteiger partial charge in [-0.3, -0.25) is 13.9 Å². The number of carbonyl (C=O) groups excluding carboxylic acids is 2. The van der Waals surface area contributed by atoms with Crippen molar-refractivity contribution < 1.29 is 27.5 Å². The van der Waals surface area contributed by atoms with E-state index in [0.29, 0.717) is 17.9 Å². The van der Waals surface area contributed by atoms with Crippen LogP contribution >= 0.6 is 0 Å². The first-order chi connectivity index (χ1) is 20.0. The standard InChI is InChI=1S/C32H41N3O6S/c1-7-24(4)33-32(37)30(8-2)34(21-25-14-16-27(40-5)17-15-25)31(36)22-35(26-10-9-11-28(20-26)41-6)42(38,39)29-18-12-23(3)13-19-29/h9-20,24,30H,7-8,21-22H2,1-6H3,(H,33,37)/t24-,30+/m1/s1. The number of amides is 2. The number of hydrogen-bond donors (Lipinski definition) is 1. The van der Waals surface area contributed by atoms with Crippen LogP contribution in [-0.2, 0) is 26.2 Å². The Morgan fingerprint density at radius 1 is 0.881 bits per heavy atom. The highest BCUT2D eigenvalue weighted by molar-refractivity contribution is 7.92. The van der Waals surface area contributed by atoms with Crippen molar-refractivity contribution in [1.29, 1.82) is 0 Å². The zero-order valence-corrected chi connectivity index (χ0v) is 26.0. The van der Waals surface area contributed by atoms with Gasteiger partial charge in [0, 0.05) is 18.7 Å². The van der Waals surface area contributed by atoms with Crippen LogP contribution in [-0.4, -0.2) is 58.0 Å². The normalized spacial score (nSPS) is 12.6. The minimum absolute atomic E-state index is 0.0481. The summed E-state index contributed by atoms with van der Waals surface area (Å²) in [5.74, 6) is 0.295. The average Bonchev–Trinajstić information content (AvgIpc) is 2.99. The van der Waals surface area contributed by atoms with E-state index in [1.165, 1.54) is 24.1 Å². The van der Waals surface area contributed by atoms with Crippen LogP contribution in [0.4, 0.5) is 5.69 Å². The molecule has 0 aliphatic rings. The minimum Gasteiger partial charge on any atom is -0.497 e. The van der Waals surface area contributed by atoms with Gasteiger partial charge >= 0.3 is 0 Å². The maximum atomic E-state index is 14.2. The zero-order chi connectivity index (χ0) is 30.9. The monoisotopic (exact) mass is 595 g/mol. The van der Waals surface area contributed by atoms with Gasteiger partial charge in [0.15, 0.2) is 0 Å². The molecular weight excluding hydrogens is 554 g/mol. The molecule has 0 saturated heterocycles. The van der Waals surface area contributed by atoms with E-state index in [1.807, 2.05) is 39.8 Å². The Balaban J connectivity index is 2.07. The third kappa shape index (κ3) is 8.03. The van der Waals surface area contributed by atoms with Crippen LogP contribution in [0.1, 0.15) is 44.7 Å². The average molecular weight is 596 g/mol. The van der Waals surface area contributed by atoms with Crippen molar-refractivity contribution in [2.45, 2.75) is 64.1 Å². The summed E-state index contributed by atoms with van der Waals surface area (Å²) >= 11 is 0. The Kier molecular flexibility index (Phi) is 11.4. The first-order valence-electron chi connectivity index (χ1n) is 14.0. The molecule has 0 saturated carbocycles. The van der Waals surface area contributed by atoms with Crippen molar-refractivity contribution in [1.82, 2.24) is 10.2 Å². The van der Waals surface area contributed by atoms with E-state index in [2.05, 4.69) is 5.32 Å². The second kappa shape index (κ2) is 14.7. The van der Waals surface area contributed by atoms with Gasteiger partial charge in [-0.1, -0.05) is 49.7 Å². The smallest absolute Gasteiger partial charge is 0.264 e. The number of methoxy groups -OCH3 is 2. The topological polar surface area (TPSA) is 105 Å². The molecule has 3 aromatic rings. The molecule has 10 heteroatoms. The van der Waals surface area contributed by atoms with E-state index in [-0.39, 0.29) is 29.1 Å². The fourth-order valence-electron chi connectivity index (χ4n) is 4.42. The summed E-state index contributed by atoms with van der Waals surface area (Å²) in [4.78, 5) is 29.1. The summed E-state index contributed by atoms with van der Waals surface area (Å²) in [5, 5.41) is 2.98. The van der Waals surface area contributed by atoms with Crippen LogP contribution in [0.15, 0.2) is 77.7 Å². The van der Waals surface area contributed by atoms with Crippen LogP contribution in [0.3, 0.4) is 0 Å². The van der Waals surface area contributed by atoms with E-state index in [1.54, 1.807) is 55.6 Å². The predicted molar refractivity (Wildman–Crippen MR) is 164 cm³/mol. The van der Waals surface area contributed by atoms with E-state index < -0.39 is 28.5 Å². The summed E-state index contributed by atoms with van der Waals surface area (Å²) in [5.41, 5.74) is 1.94. The largest absolute Gasteiger partial charge is 0.497 e. The molecule has 0 aliphatic heterocycles. The Morgan fingerprint density at radius 3 is 2.10 bits per heavy atom. The van der Waals surface area contributed by atoms with Gasteiger partial charge < -0.3 is 19.7 Å². The van der Waals surface area contributed by atoms with E-state index in [4.69, 9.17) is 9.47 Å². The lowest BCUT2D eigenvalue weighted by Crippen LogP contribution is -2.53. The molecule has 9 nitrogen and oxygen atoms in total. The summed E-state index contributed by atoms with van der Waals surface area (Å²) in [6.45, 7) is 7.15.